The lowest BCUT2D eigenvalue weighted by Gasteiger charge is -2.15. The van der Waals surface area contributed by atoms with Gasteiger partial charge in [0.2, 0.25) is 0 Å². The smallest absolute Gasteiger partial charge is 0.335 e. The Balaban J connectivity index is 1.53. The third kappa shape index (κ3) is 12.7. The zero-order valence-corrected chi connectivity index (χ0v) is 27.3. The molecule has 0 radical (unpaired) electrons. The van der Waals surface area contributed by atoms with Gasteiger partial charge in [-0.25, -0.2) is 14.4 Å². The Hall–Kier alpha value is -5.51. The van der Waals surface area contributed by atoms with Crippen molar-refractivity contribution in [3.63, 3.8) is 0 Å². The molecular formula is C38H42O10. The molecular weight excluding hydrogens is 616 g/mol. The van der Waals surface area contributed by atoms with Crippen LogP contribution in [0.1, 0.15) is 39.0 Å². The lowest BCUT2D eigenvalue weighted by molar-refractivity contribution is -0.138. The standard InChI is InChI=1S/C38H42O10/c1-5-21-44-34-26-29(28-13-16-30(17-14-28)42-22-11-9-10-12-23-46-36(39)6-2)15-19-32(34)45-25-24-43-31-18-20-33(47-37(40)7-3)35(27-31)48-38(41)8-4/h6-8,13-20,26-27H,2-5,9-12,21-25H2,1H3. The van der Waals surface area contributed by atoms with E-state index in [2.05, 4.69) is 19.7 Å². The van der Waals surface area contributed by atoms with Crippen molar-refractivity contribution >= 4 is 17.9 Å². The van der Waals surface area contributed by atoms with Gasteiger partial charge in [0, 0.05) is 24.3 Å². The number of hydrogen-bond acceptors (Lipinski definition) is 10. The van der Waals surface area contributed by atoms with Crippen LogP contribution in [0.4, 0.5) is 0 Å². The predicted octanol–water partition coefficient (Wildman–Crippen LogP) is 7.45. The van der Waals surface area contributed by atoms with Gasteiger partial charge in [0.1, 0.15) is 24.7 Å². The second kappa shape index (κ2) is 20.6. The van der Waals surface area contributed by atoms with E-state index in [9.17, 15) is 14.4 Å². The summed E-state index contributed by atoms with van der Waals surface area (Å²) >= 11 is 0. The molecule has 3 aromatic rings. The highest BCUT2D eigenvalue weighted by atomic mass is 16.6. The molecule has 0 bridgehead atoms. The van der Waals surface area contributed by atoms with Crippen molar-refractivity contribution in [3.05, 3.63) is 98.6 Å². The lowest BCUT2D eigenvalue weighted by Crippen LogP contribution is -2.11. The fraction of sp³-hybridized carbons (Fsp3) is 0.289. The second-order valence-corrected chi connectivity index (χ2v) is 10.2. The fourth-order valence-electron chi connectivity index (χ4n) is 4.21. The molecule has 0 saturated carbocycles. The number of benzene rings is 3. The molecule has 48 heavy (non-hydrogen) atoms. The normalized spacial score (nSPS) is 10.3. The Kier molecular flexibility index (Phi) is 15.8. The summed E-state index contributed by atoms with van der Waals surface area (Å²) in [6, 6.07) is 18.1. The first-order valence-electron chi connectivity index (χ1n) is 15.7. The molecule has 254 valence electrons. The van der Waals surface area contributed by atoms with Crippen molar-refractivity contribution in [2.75, 3.05) is 33.0 Å². The van der Waals surface area contributed by atoms with E-state index in [1.54, 1.807) is 6.07 Å². The molecule has 0 amide bonds. The molecule has 10 heteroatoms. The van der Waals surface area contributed by atoms with Gasteiger partial charge in [0.05, 0.1) is 19.8 Å². The SMILES string of the molecule is C=CC(=O)OCCCCCCOc1ccc(-c2ccc(OCCOc3ccc(OC(=O)C=C)c(OC(=O)C=C)c3)c(OCCC)c2)cc1. The average molecular weight is 659 g/mol. The molecule has 0 saturated heterocycles. The molecule has 0 aliphatic heterocycles. The molecule has 0 unspecified atom stereocenters. The zero-order valence-electron chi connectivity index (χ0n) is 27.3. The van der Waals surface area contributed by atoms with E-state index in [-0.39, 0.29) is 30.7 Å². The lowest BCUT2D eigenvalue weighted by atomic mass is 10.0. The van der Waals surface area contributed by atoms with Crippen LogP contribution in [0.25, 0.3) is 11.1 Å². The maximum Gasteiger partial charge on any atom is 0.335 e. The van der Waals surface area contributed by atoms with Crippen LogP contribution in [0.2, 0.25) is 0 Å². The fourth-order valence-corrected chi connectivity index (χ4v) is 4.21. The second-order valence-electron chi connectivity index (χ2n) is 10.2. The van der Waals surface area contributed by atoms with E-state index in [0.29, 0.717) is 37.1 Å². The number of carbonyl (C=O) groups excluding carboxylic acids is 3. The van der Waals surface area contributed by atoms with E-state index in [0.717, 1.165) is 61.1 Å². The van der Waals surface area contributed by atoms with Crippen molar-refractivity contribution in [1.29, 1.82) is 0 Å². The van der Waals surface area contributed by atoms with Crippen LogP contribution in [0.3, 0.4) is 0 Å². The summed E-state index contributed by atoms with van der Waals surface area (Å²) in [4.78, 5) is 34.5. The molecule has 0 spiro atoms. The van der Waals surface area contributed by atoms with Gasteiger partial charge in [-0.2, -0.15) is 0 Å². The van der Waals surface area contributed by atoms with E-state index >= 15 is 0 Å². The van der Waals surface area contributed by atoms with Gasteiger partial charge in [0.25, 0.3) is 0 Å². The van der Waals surface area contributed by atoms with Crippen molar-refractivity contribution in [3.8, 4) is 45.6 Å². The monoisotopic (exact) mass is 658 g/mol. The van der Waals surface area contributed by atoms with E-state index in [1.807, 2.05) is 49.4 Å². The molecule has 3 rings (SSSR count). The van der Waals surface area contributed by atoms with Crippen LogP contribution in [0.5, 0.6) is 34.5 Å². The van der Waals surface area contributed by atoms with Crippen LogP contribution in [-0.4, -0.2) is 50.9 Å². The molecule has 10 nitrogen and oxygen atoms in total. The Morgan fingerprint density at radius 1 is 0.521 bits per heavy atom. The van der Waals surface area contributed by atoms with E-state index < -0.39 is 11.9 Å². The van der Waals surface area contributed by atoms with Crippen LogP contribution in [0.15, 0.2) is 98.6 Å². The van der Waals surface area contributed by atoms with Crippen molar-refractivity contribution in [2.45, 2.75) is 39.0 Å². The molecule has 0 heterocycles. The number of esters is 3. The Morgan fingerprint density at radius 2 is 1.08 bits per heavy atom. The van der Waals surface area contributed by atoms with Gasteiger partial charge in [-0.05, 0) is 79.6 Å². The number of hydrogen-bond donors (Lipinski definition) is 0. The largest absolute Gasteiger partial charge is 0.494 e. The topological polar surface area (TPSA) is 116 Å². The van der Waals surface area contributed by atoms with Gasteiger partial charge in [-0.3, -0.25) is 0 Å². The van der Waals surface area contributed by atoms with E-state index in [1.165, 1.54) is 18.2 Å². The predicted molar refractivity (Wildman–Crippen MR) is 182 cm³/mol. The summed E-state index contributed by atoms with van der Waals surface area (Å²) in [6.45, 7) is 14.1. The molecule has 0 aromatic heterocycles. The number of unbranched alkanes of at least 4 members (excludes halogenated alkanes) is 3. The van der Waals surface area contributed by atoms with Crippen LogP contribution >= 0.6 is 0 Å². The van der Waals surface area contributed by atoms with Crippen LogP contribution < -0.4 is 28.4 Å². The maximum atomic E-state index is 11.8. The minimum absolute atomic E-state index is 0.00335. The van der Waals surface area contributed by atoms with Gasteiger partial charge in [-0.1, -0.05) is 44.9 Å². The highest BCUT2D eigenvalue weighted by Crippen LogP contribution is 2.34. The van der Waals surface area contributed by atoms with E-state index in [4.69, 9.17) is 33.2 Å². The Labute approximate surface area is 281 Å². The number of ether oxygens (including phenoxy) is 7. The quantitative estimate of drug-likeness (QED) is 0.0466. The van der Waals surface area contributed by atoms with Crippen molar-refractivity contribution in [2.24, 2.45) is 0 Å². The highest BCUT2D eigenvalue weighted by Gasteiger charge is 2.14. The molecule has 0 atom stereocenters. The van der Waals surface area contributed by atoms with Crippen LogP contribution in [0, 0.1) is 0 Å². The highest BCUT2D eigenvalue weighted by molar-refractivity contribution is 5.86. The summed E-state index contributed by atoms with van der Waals surface area (Å²) < 4.78 is 39.0. The minimum atomic E-state index is -0.718. The zero-order chi connectivity index (χ0) is 34.6. The molecule has 0 aliphatic rings. The first-order chi connectivity index (χ1) is 23.4. The average Bonchev–Trinajstić information content (AvgIpc) is 3.11. The third-order valence-corrected chi connectivity index (χ3v) is 6.59. The first-order valence-corrected chi connectivity index (χ1v) is 15.7. The molecule has 0 fully saturated rings. The third-order valence-electron chi connectivity index (χ3n) is 6.59. The summed E-state index contributed by atoms with van der Waals surface area (Å²) in [7, 11) is 0. The first kappa shape index (κ1) is 37.0. The summed E-state index contributed by atoms with van der Waals surface area (Å²) in [5, 5.41) is 0. The van der Waals surface area contributed by atoms with Gasteiger partial charge in [-0.15, -0.1) is 0 Å². The minimum Gasteiger partial charge on any atom is -0.494 e. The van der Waals surface area contributed by atoms with Gasteiger partial charge >= 0.3 is 17.9 Å². The van der Waals surface area contributed by atoms with Crippen molar-refractivity contribution in [1.82, 2.24) is 0 Å². The van der Waals surface area contributed by atoms with Gasteiger partial charge < -0.3 is 33.2 Å². The van der Waals surface area contributed by atoms with Gasteiger partial charge in [0.15, 0.2) is 23.0 Å². The maximum absolute atomic E-state index is 11.8. The van der Waals surface area contributed by atoms with Crippen LogP contribution in [-0.2, 0) is 19.1 Å². The molecule has 3 aromatic carbocycles. The molecule has 0 N–H and O–H groups in total. The van der Waals surface area contributed by atoms with Crippen molar-refractivity contribution < 1.29 is 47.5 Å². The number of carbonyl (C=O) groups is 3. The Morgan fingerprint density at radius 3 is 1.77 bits per heavy atom. The summed E-state index contributed by atoms with van der Waals surface area (Å²) in [6.07, 6.45) is 7.67. The summed E-state index contributed by atoms with van der Waals surface area (Å²) in [5.74, 6) is 0.571. The molecule has 0 aliphatic carbocycles. The number of rotatable bonds is 22. The summed E-state index contributed by atoms with van der Waals surface area (Å²) in [5.41, 5.74) is 1.97. The Bertz CT molecular complexity index is 1530.